The number of halogens is 1. The fourth-order valence-electron chi connectivity index (χ4n) is 7.09. The molecule has 2 aromatic rings. The van der Waals surface area contributed by atoms with Crippen LogP contribution in [0, 0.1) is 17.8 Å². The molecule has 0 saturated heterocycles. The van der Waals surface area contributed by atoms with Crippen LogP contribution in [0.15, 0.2) is 48.6 Å². The van der Waals surface area contributed by atoms with Gasteiger partial charge >= 0.3 is 0 Å². The summed E-state index contributed by atoms with van der Waals surface area (Å²) in [6.45, 7) is 7.11. The number of sulfonamides is 1. The molecule has 8 nitrogen and oxygen atoms in total. The minimum Gasteiger partial charge on any atom is -0.487 e. The second kappa shape index (κ2) is 14.5. The predicted octanol–water partition coefficient (Wildman–Crippen LogP) is 6.89. The third-order valence-corrected chi connectivity index (χ3v) is 12.6. The zero-order valence-electron chi connectivity index (χ0n) is 27.4. The van der Waals surface area contributed by atoms with Gasteiger partial charge in [-0.3, -0.25) is 9.59 Å². The van der Waals surface area contributed by atoms with E-state index in [4.69, 9.17) is 21.1 Å². The lowest BCUT2D eigenvalue weighted by atomic mass is 9.62. The van der Waals surface area contributed by atoms with Crippen LogP contribution in [0.1, 0.15) is 87.2 Å². The summed E-state index contributed by atoms with van der Waals surface area (Å²) in [4.78, 5) is 28.7. The Morgan fingerprint density at radius 2 is 1.93 bits per heavy atom. The van der Waals surface area contributed by atoms with E-state index >= 15 is 0 Å². The highest BCUT2D eigenvalue weighted by molar-refractivity contribution is 7.90. The van der Waals surface area contributed by atoms with E-state index in [0.29, 0.717) is 36.8 Å². The van der Waals surface area contributed by atoms with Crippen LogP contribution in [0.5, 0.6) is 5.75 Å². The van der Waals surface area contributed by atoms with Crippen LogP contribution in [-0.2, 0) is 32.6 Å². The lowest BCUT2D eigenvalue weighted by Gasteiger charge is -2.50. The van der Waals surface area contributed by atoms with Crippen molar-refractivity contribution in [2.24, 2.45) is 17.8 Å². The van der Waals surface area contributed by atoms with Gasteiger partial charge in [0.05, 0.1) is 16.5 Å². The molecular formula is C36H47ClN2O6S. The normalized spacial score (nSPS) is 29.1. The highest BCUT2D eigenvalue weighted by Crippen LogP contribution is 2.48. The fourth-order valence-corrected chi connectivity index (χ4v) is 8.57. The second-order valence-corrected chi connectivity index (χ2v) is 15.7. The van der Waals surface area contributed by atoms with Crippen LogP contribution in [0.4, 0.5) is 5.69 Å². The summed E-state index contributed by atoms with van der Waals surface area (Å²) in [5.74, 6) is 0.171. The Labute approximate surface area is 278 Å². The van der Waals surface area contributed by atoms with E-state index in [9.17, 15) is 18.0 Å². The van der Waals surface area contributed by atoms with Crippen LogP contribution in [-0.4, -0.2) is 51.2 Å². The molecule has 1 aliphatic carbocycles. The first kappa shape index (κ1) is 34.5. The SMILES string of the molecule is CCC(=O)C[C@]1(OC)/C=C/C[C@H](C)[C@@H](C)S(=O)(=O)NC(=O)c2ccc3c(c2)N(CCCCc2cc(Cl)ccc2CO3)C[C@@H]2CC[C@H]21. The molecule has 250 valence electrons. The Morgan fingerprint density at radius 3 is 2.65 bits per heavy atom. The number of nitrogens with one attached hydrogen (secondary N) is 1. The van der Waals surface area contributed by atoms with E-state index in [1.807, 2.05) is 44.2 Å². The highest BCUT2D eigenvalue weighted by atomic mass is 35.5. The van der Waals surface area contributed by atoms with Gasteiger partial charge in [0, 0.05) is 43.6 Å². The number of carbonyl (C=O) groups is 2. The third-order valence-electron chi connectivity index (χ3n) is 10.4. The van der Waals surface area contributed by atoms with Crippen molar-refractivity contribution in [1.29, 1.82) is 0 Å². The van der Waals surface area contributed by atoms with E-state index in [1.54, 1.807) is 32.2 Å². The first-order valence-corrected chi connectivity index (χ1v) is 18.5. The van der Waals surface area contributed by atoms with E-state index < -0.39 is 26.8 Å². The van der Waals surface area contributed by atoms with Crippen molar-refractivity contribution in [3.8, 4) is 5.75 Å². The number of fused-ring (bicyclic) bond motifs is 3. The van der Waals surface area contributed by atoms with Crippen LogP contribution in [0.3, 0.4) is 0 Å². The summed E-state index contributed by atoms with van der Waals surface area (Å²) in [6, 6.07) is 11.0. The Bertz CT molecular complexity index is 1580. The van der Waals surface area contributed by atoms with Gasteiger partial charge in [-0.1, -0.05) is 43.7 Å². The van der Waals surface area contributed by atoms with E-state index in [1.165, 1.54) is 0 Å². The number of Topliss-reactive ketones (excluding diaryl/α,β-unsaturated/α-hetero) is 1. The molecule has 10 heteroatoms. The number of ether oxygens (including phenoxy) is 2. The molecule has 2 heterocycles. The molecule has 1 saturated carbocycles. The Hall–Kier alpha value is -2.88. The summed E-state index contributed by atoms with van der Waals surface area (Å²) in [5, 5.41) is -0.129. The van der Waals surface area contributed by atoms with Crippen molar-refractivity contribution < 1.29 is 27.5 Å². The number of carbonyl (C=O) groups excluding carboxylic acids is 2. The Morgan fingerprint density at radius 1 is 1.13 bits per heavy atom. The molecule has 5 rings (SSSR count). The monoisotopic (exact) mass is 670 g/mol. The number of ketones is 1. The van der Waals surface area contributed by atoms with Crippen LogP contribution < -0.4 is 14.4 Å². The van der Waals surface area contributed by atoms with Crippen LogP contribution >= 0.6 is 11.6 Å². The number of benzene rings is 2. The van der Waals surface area contributed by atoms with Crippen molar-refractivity contribution in [1.82, 2.24) is 4.72 Å². The van der Waals surface area contributed by atoms with Gasteiger partial charge < -0.3 is 14.4 Å². The minimum atomic E-state index is -3.98. The van der Waals surface area contributed by atoms with Gasteiger partial charge in [-0.25, -0.2) is 13.1 Å². The van der Waals surface area contributed by atoms with Crippen LogP contribution in [0.25, 0.3) is 0 Å². The maximum atomic E-state index is 13.4. The number of rotatable bonds is 4. The largest absolute Gasteiger partial charge is 0.487 e. The number of hydrogen-bond acceptors (Lipinski definition) is 7. The maximum Gasteiger partial charge on any atom is 0.264 e. The summed E-state index contributed by atoms with van der Waals surface area (Å²) < 4.78 is 41.8. The summed E-state index contributed by atoms with van der Waals surface area (Å²) >= 11 is 6.34. The number of anilines is 1. The van der Waals surface area contributed by atoms with Crippen LogP contribution in [0.2, 0.25) is 5.02 Å². The zero-order valence-corrected chi connectivity index (χ0v) is 29.0. The van der Waals surface area contributed by atoms with Crippen molar-refractivity contribution in [3.05, 3.63) is 70.3 Å². The number of methoxy groups -OCH3 is 1. The number of nitrogens with zero attached hydrogens (tertiary/aromatic N) is 1. The van der Waals surface area contributed by atoms with Gasteiger partial charge in [0.1, 0.15) is 18.1 Å². The fraction of sp³-hybridized carbons (Fsp3) is 0.556. The molecule has 0 aromatic heterocycles. The third kappa shape index (κ3) is 7.47. The van der Waals surface area contributed by atoms with E-state index in [0.717, 1.165) is 55.5 Å². The Balaban J connectivity index is 1.59. The van der Waals surface area contributed by atoms with E-state index in [2.05, 4.69) is 9.62 Å². The molecule has 2 aliphatic heterocycles. The molecule has 1 N–H and O–H groups in total. The molecular weight excluding hydrogens is 624 g/mol. The molecule has 0 unspecified atom stereocenters. The smallest absolute Gasteiger partial charge is 0.264 e. The summed E-state index contributed by atoms with van der Waals surface area (Å²) in [5.41, 5.74) is 2.46. The minimum absolute atomic E-state index is 0.106. The predicted molar refractivity (Wildman–Crippen MR) is 182 cm³/mol. The molecule has 0 radical (unpaired) electrons. The van der Waals surface area contributed by atoms with E-state index in [-0.39, 0.29) is 35.5 Å². The van der Waals surface area contributed by atoms with Gasteiger partial charge in [0.15, 0.2) is 0 Å². The lowest BCUT2D eigenvalue weighted by Crippen LogP contribution is -2.52. The van der Waals surface area contributed by atoms with Crippen molar-refractivity contribution in [2.75, 3.05) is 25.1 Å². The summed E-state index contributed by atoms with van der Waals surface area (Å²) in [7, 11) is -2.30. The molecule has 1 fully saturated rings. The molecule has 1 amide bonds. The molecule has 2 bridgehead atoms. The van der Waals surface area contributed by atoms with Gasteiger partial charge in [-0.15, -0.1) is 0 Å². The van der Waals surface area contributed by atoms with Gasteiger partial charge in [0.2, 0.25) is 10.0 Å². The highest BCUT2D eigenvalue weighted by Gasteiger charge is 2.48. The average Bonchev–Trinajstić information content (AvgIpc) is 3.04. The number of hydrogen-bond donors (Lipinski definition) is 1. The first-order valence-electron chi connectivity index (χ1n) is 16.6. The molecule has 46 heavy (non-hydrogen) atoms. The average molecular weight is 671 g/mol. The zero-order chi connectivity index (χ0) is 33.1. The number of allylic oxidation sites excluding steroid dienone is 1. The molecule has 2 aromatic carbocycles. The van der Waals surface area contributed by atoms with Crippen molar-refractivity contribution >= 4 is 39.0 Å². The van der Waals surface area contributed by atoms with Crippen molar-refractivity contribution in [2.45, 2.75) is 89.6 Å². The standard InChI is InChI=1S/C36H47ClN2O6S/c1-5-31(40)21-36(44-4)17-8-9-24(2)25(3)46(42,43)38-35(41)27-13-16-34-33(20-27)39(22-28-12-15-32(28)36)18-7-6-10-26-19-30(37)14-11-29(26)23-45-34/h8,11,13-14,16-17,19-20,24-25,28,32H,5-7,9-10,12,15,18,21-23H2,1-4H3,(H,38,41)/b17-8+/t24-,25+,28-,32+,36+/m0/s1. The molecule has 5 atom stereocenters. The first-order chi connectivity index (χ1) is 22.0. The lowest BCUT2D eigenvalue weighted by molar-refractivity contribution is -0.130. The van der Waals surface area contributed by atoms with Crippen molar-refractivity contribution in [3.63, 3.8) is 0 Å². The Kier molecular flexibility index (Phi) is 10.8. The quantitative estimate of drug-likeness (QED) is 0.354. The molecule has 0 spiro atoms. The maximum absolute atomic E-state index is 13.4. The van der Waals surface area contributed by atoms with Gasteiger partial charge in [-0.2, -0.15) is 0 Å². The van der Waals surface area contributed by atoms with Gasteiger partial charge in [0.25, 0.3) is 5.91 Å². The number of amides is 1. The van der Waals surface area contributed by atoms with Gasteiger partial charge in [-0.05, 0) is 105 Å². The second-order valence-electron chi connectivity index (χ2n) is 13.3. The summed E-state index contributed by atoms with van der Waals surface area (Å²) in [6.07, 6.45) is 9.78. The number of aryl methyl sites for hydroxylation is 1. The molecule has 3 aliphatic rings. The topological polar surface area (TPSA) is 102 Å².